The van der Waals surface area contributed by atoms with Crippen LogP contribution in [0.25, 0.3) is 0 Å². The molecule has 0 aliphatic carbocycles. The van der Waals surface area contributed by atoms with E-state index in [1.54, 1.807) is 0 Å². The monoisotopic (exact) mass is 260 g/mol. The van der Waals surface area contributed by atoms with Crippen LogP contribution in [0.2, 0.25) is 0 Å². The van der Waals surface area contributed by atoms with E-state index in [0.29, 0.717) is 19.4 Å². The summed E-state index contributed by atoms with van der Waals surface area (Å²) < 4.78 is 5.25. The normalized spacial score (nSPS) is 17.9. The highest BCUT2D eigenvalue weighted by Gasteiger charge is 2.35. The summed E-state index contributed by atoms with van der Waals surface area (Å²) in [6.45, 7) is 8.25. The Morgan fingerprint density at radius 3 is 2.44 bits per heavy atom. The molecule has 0 aromatic carbocycles. The molecule has 0 aromatic heterocycles. The van der Waals surface area contributed by atoms with Gasteiger partial charge in [0.1, 0.15) is 0 Å². The molecule has 0 radical (unpaired) electrons. The second-order valence-electron chi connectivity index (χ2n) is 4.42. The molecule has 0 unspecified atom stereocenters. The Morgan fingerprint density at radius 2 is 1.94 bits per heavy atom. The first-order valence-corrected chi connectivity index (χ1v) is 6.55. The van der Waals surface area contributed by atoms with Crippen LogP contribution in [0, 0.1) is 0 Å². The van der Waals surface area contributed by atoms with Crippen LogP contribution in [-0.4, -0.2) is 55.9 Å². The van der Waals surface area contributed by atoms with E-state index < -0.39 is 11.5 Å². The molecule has 1 rings (SSSR count). The standard InChI is InChI=1S/C12H24N2O4/c1-3-12(4-2,11(13)15)18-17-10-7-14-5-8-16-9-6-14/h3-10H2,1-2H3,(H2,13,15). The lowest BCUT2D eigenvalue weighted by Crippen LogP contribution is -2.46. The fourth-order valence-corrected chi connectivity index (χ4v) is 1.90. The van der Waals surface area contributed by atoms with E-state index in [0.717, 1.165) is 32.8 Å². The predicted molar refractivity (Wildman–Crippen MR) is 66.8 cm³/mol. The number of carbonyl (C=O) groups is 1. The van der Waals surface area contributed by atoms with Crippen LogP contribution < -0.4 is 5.73 Å². The zero-order valence-corrected chi connectivity index (χ0v) is 11.3. The molecule has 0 bridgehead atoms. The zero-order valence-electron chi connectivity index (χ0n) is 11.3. The Bertz CT molecular complexity index is 250. The van der Waals surface area contributed by atoms with Crippen molar-refractivity contribution in [3.8, 4) is 0 Å². The molecule has 1 heterocycles. The number of nitrogens with two attached hydrogens (primary N) is 1. The van der Waals surface area contributed by atoms with Crippen LogP contribution in [-0.2, 0) is 19.3 Å². The lowest BCUT2D eigenvalue weighted by Gasteiger charge is -2.28. The van der Waals surface area contributed by atoms with E-state index >= 15 is 0 Å². The summed E-state index contributed by atoms with van der Waals surface area (Å²) in [5.74, 6) is -0.473. The third-order valence-electron chi connectivity index (χ3n) is 3.40. The summed E-state index contributed by atoms with van der Waals surface area (Å²) in [7, 11) is 0. The van der Waals surface area contributed by atoms with Gasteiger partial charge in [-0.3, -0.25) is 9.69 Å². The lowest BCUT2D eigenvalue weighted by molar-refractivity contribution is -0.352. The van der Waals surface area contributed by atoms with E-state index in [2.05, 4.69) is 4.90 Å². The smallest absolute Gasteiger partial charge is 0.253 e. The molecule has 2 N–H and O–H groups in total. The average Bonchev–Trinajstić information content (AvgIpc) is 2.40. The predicted octanol–water partition coefficient (Wildman–Crippen LogP) is 0.311. The van der Waals surface area contributed by atoms with Crippen molar-refractivity contribution in [1.29, 1.82) is 0 Å². The SMILES string of the molecule is CCC(CC)(OOCCN1CCOCC1)C(N)=O. The Kier molecular flexibility index (Phi) is 6.56. The van der Waals surface area contributed by atoms with Gasteiger partial charge in [0, 0.05) is 19.6 Å². The van der Waals surface area contributed by atoms with E-state index in [4.69, 9.17) is 20.2 Å². The second kappa shape index (κ2) is 7.68. The van der Waals surface area contributed by atoms with Crippen molar-refractivity contribution < 1.29 is 19.3 Å². The molecule has 1 aliphatic heterocycles. The first kappa shape index (κ1) is 15.4. The molecule has 1 fully saturated rings. The number of carbonyl (C=O) groups excluding carboxylic acids is 1. The van der Waals surface area contributed by atoms with Crippen molar-refractivity contribution in [3.63, 3.8) is 0 Å². The summed E-state index contributed by atoms with van der Waals surface area (Å²) in [4.78, 5) is 24.0. The van der Waals surface area contributed by atoms with E-state index in [9.17, 15) is 4.79 Å². The first-order valence-electron chi connectivity index (χ1n) is 6.55. The number of amides is 1. The number of ether oxygens (including phenoxy) is 1. The number of primary amides is 1. The third kappa shape index (κ3) is 4.20. The fourth-order valence-electron chi connectivity index (χ4n) is 1.90. The number of morpholine rings is 1. The Balaban J connectivity index is 2.24. The first-order chi connectivity index (χ1) is 8.64. The van der Waals surface area contributed by atoms with Crippen LogP contribution >= 0.6 is 0 Å². The fraction of sp³-hybridized carbons (Fsp3) is 0.917. The summed E-state index contributed by atoms with van der Waals surface area (Å²) in [6, 6.07) is 0. The Labute approximate surface area is 108 Å². The zero-order chi connectivity index (χ0) is 13.4. The molecule has 0 atom stereocenters. The van der Waals surface area contributed by atoms with Crippen LogP contribution in [0.3, 0.4) is 0 Å². The molecule has 0 saturated carbocycles. The quantitative estimate of drug-likeness (QED) is 0.386. The minimum atomic E-state index is -0.995. The molecule has 18 heavy (non-hydrogen) atoms. The van der Waals surface area contributed by atoms with Gasteiger partial charge in [0.25, 0.3) is 5.91 Å². The van der Waals surface area contributed by atoms with Crippen molar-refractivity contribution in [1.82, 2.24) is 4.90 Å². The van der Waals surface area contributed by atoms with Crippen LogP contribution in [0.15, 0.2) is 0 Å². The minimum Gasteiger partial charge on any atom is -0.379 e. The molecule has 6 heteroatoms. The van der Waals surface area contributed by atoms with Gasteiger partial charge in [-0.25, -0.2) is 9.78 Å². The highest BCUT2D eigenvalue weighted by Crippen LogP contribution is 2.20. The Morgan fingerprint density at radius 1 is 1.33 bits per heavy atom. The van der Waals surface area contributed by atoms with Crippen molar-refractivity contribution in [2.75, 3.05) is 39.5 Å². The van der Waals surface area contributed by atoms with Gasteiger partial charge in [-0.1, -0.05) is 13.8 Å². The second-order valence-corrected chi connectivity index (χ2v) is 4.42. The summed E-state index contributed by atoms with van der Waals surface area (Å²) in [6.07, 6.45) is 1.02. The van der Waals surface area contributed by atoms with Gasteiger partial charge in [-0.2, -0.15) is 0 Å². The lowest BCUT2D eigenvalue weighted by atomic mass is 9.97. The highest BCUT2D eigenvalue weighted by atomic mass is 17.2. The topological polar surface area (TPSA) is 74.0 Å². The van der Waals surface area contributed by atoms with Crippen molar-refractivity contribution in [2.45, 2.75) is 32.3 Å². The maximum Gasteiger partial charge on any atom is 0.253 e. The van der Waals surface area contributed by atoms with Gasteiger partial charge in [0.2, 0.25) is 0 Å². The molecule has 1 amide bonds. The average molecular weight is 260 g/mol. The molecule has 0 aromatic rings. The molecular formula is C12H24N2O4. The number of hydrogen-bond acceptors (Lipinski definition) is 5. The maximum atomic E-state index is 11.4. The third-order valence-corrected chi connectivity index (χ3v) is 3.40. The van der Waals surface area contributed by atoms with Gasteiger partial charge in [-0.05, 0) is 12.8 Å². The molecule has 1 aliphatic rings. The number of nitrogens with zero attached hydrogens (tertiary/aromatic N) is 1. The van der Waals surface area contributed by atoms with Gasteiger partial charge >= 0.3 is 0 Å². The van der Waals surface area contributed by atoms with Crippen LogP contribution in [0.1, 0.15) is 26.7 Å². The molecule has 1 saturated heterocycles. The van der Waals surface area contributed by atoms with E-state index in [1.807, 2.05) is 13.8 Å². The van der Waals surface area contributed by atoms with Crippen LogP contribution in [0.4, 0.5) is 0 Å². The largest absolute Gasteiger partial charge is 0.379 e. The minimum absolute atomic E-state index is 0.426. The Hall–Kier alpha value is -0.690. The number of rotatable bonds is 8. The van der Waals surface area contributed by atoms with Crippen LogP contribution in [0.5, 0.6) is 0 Å². The van der Waals surface area contributed by atoms with Gasteiger partial charge in [-0.15, -0.1) is 0 Å². The summed E-state index contributed by atoms with van der Waals surface area (Å²) >= 11 is 0. The maximum absolute atomic E-state index is 11.4. The van der Waals surface area contributed by atoms with E-state index in [1.165, 1.54) is 0 Å². The molecule has 106 valence electrons. The van der Waals surface area contributed by atoms with Crippen molar-refractivity contribution >= 4 is 5.91 Å². The van der Waals surface area contributed by atoms with E-state index in [-0.39, 0.29) is 0 Å². The highest BCUT2D eigenvalue weighted by molar-refractivity contribution is 5.83. The van der Waals surface area contributed by atoms with Gasteiger partial charge < -0.3 is 10.5 Å². The van der Waals surface area contributed by atoms with Crippen molar-refractivity contribution in [2.24, 2.45) is 5.73 Å². The summed E-state index contributed by atoms with van der Waals surface area (Å²) in [5, 5.41) is 0. The molecular weight excluding hydrogens is 236 g/mol. The summed E-state index contributed by atoms with van der Waals surface area (Å²) in [5.41, 5.74) is 4.35. The number of hydrogen-bond donors (Lipinski definition) is 1. The molecule has 6 nitrogen and oxygen atoms in total. The molecule has 0 spiro atoms. The van der Waals surface area contributed by atoms with Gasteiger partial charge in [0.05, 0.1) is 19.8 Å². The van der Waals surface area contributed by atoms with Crippen molar-refractivity contribution in [3.05, 3.63) is 0 Å². The van der Waals surface area contributed by atoms with Gasteiger partial charge in [0.15, 0.2) is 5.60 Å².